The Labute approximate surface area is 109 Å². The second kappa shape index (κ2) is 5.77. The molecule has 0 unspecified atom stereocenters. The standard InChI is InChI=1S/C13H25B2FO/c1-10(2)11(3,4)7-8-17-12(5,6)9-13(14,15)16/h10H,7-9H2,1-6H3. The minimum absolute atomic E-state index is 0.0118. The van der Waals surface area contributed by atoms with Crippen LogP contribution in [0.5, 0.6) is 0 Å². The van der Waals surface area contributed by atoms with E-state index in [4.69, 9.17) is 20.4 Å². The zero-order valence-electron chi connectivity index (χ0n) is 12.1. The van der Waals surface area contributed by atoms with Crippen molar-refractivity contribution in [2.24, 2.45) is 11.3 Å². The highest BCUT2D eigenvalue weighted by molar-refractivity contribution is 6.38. The summed E-state index contributed by atoms with van der Waals surface area (Å²) in [7, 11) is 10.3. The largest absolute Gasteiger partial charge is 0.375 e. The first-order valence-electron chi connectivity index (χ1n) is 6.26. The summed E-state index contributed by atoms with van der Waals surface area (Å²) >= 11 is 0. The minimum Gasteiger partial charge on any atom is -0.375 e. The number of hydrogen-bond acceptors (Lipinski definition) is 1. The molecule has 1 nitrogen and oxygen atoms in total. The van der Waals surface area contributed by atoms with Crippen molar-refractivity contribution in [3.05, 3.63) is 0 Å². The van der Waals surface area contributed by atoms with E-state index in [0.717, 1.165) is 6.42 Å². The summed E-state index contributed by atoms with van der Waals surface area (Å²) in [6.45, 7) is 13.0. The average Bonchev–Trinajstić information content (AvgIpc) is 1.97. The fourth-order valence-electron chi connectivity index (χ4n) is 1.58. The monoisotopic (exact) mass is 238 g/mol. The molecule has 0 aromatic heterocycles. The van der Waals surface area contributed by atoms with E-state index in [-0.39, 0.29) is 11.8 Å². The topological polar surface area (TPSA) is 9.23 Å². The predicted octanol–water partition coefficient (Wildman–Crippen LogP) is 3.20. The molecule has 0 heterocycles. The molecular formula is C13H25B2FO. The molecule has 0 N–H and O–H groups in total. The molecule has 0 fully saturated rings. The van der Waals surface area contributed by atoms with Gasteiger partial charge in [0.05, 0.1) is 5.60 Å². The number of alkyl halides is 1. The summed E-state index contributed by atoms with van der Waals surface area (Å²) in [5.74, 6) is 0.582. The first-order chi connectivity index (χ1) is 7.36. The van der Waals surface area contributed by atoms with Gasteiger partial charge in [-0.3, -0.25) is 4.39 Å². The molecule has 96 valence electrons. The second-order valence-electron chi connectivity index (χ2n) is 6.60. The summed E-state index contributed by atoms with van der Waals surface area (Å²) in [6.07, 6.45) is 0.921. The van der Waals surface area contributed by atoms with Crippen LogP contribution < -0.4 is 0 Å². The quantitative estimate of drug-likeness (QED) is 0.618. The van der Waals surface area contributed by atoms with Gasteiger partial charge in [-0.2, -0.15) is 0 Å². The lowest BCUT2D eigenvalue weighted by Gasteiger charge is -2.34. The van der Waals surface area contributed by atoms with Crippen molar-refractivity contribution in [2.75, 3.05) is 6.61 Å². The minimum atomic E-state index is -2.17. The summed E-state index contributed by atoms with van der Waals surface area (Å²) < 4.78 is 18.8. The van der Waals surface area contributed by atoms with E-state index in [0.29, 0.717) is 12.5 Å². The summed E-state index contributed by atoms with van der Waals surface area (Å²) in [6, 6.07) is 0. The predicted molar refractivity (Wildman–Crippen MR) is 73.2 cm³/mol. The molecular weight excluding hydrogens is 213 g/mol. The zero-order valence-corrected chi connectivity index (χ0v) is 12.1. The highest BCUT2D eigenvalue weighted by Gasteiger charge is 2.29. The van der Waals surface area contributed by atoms with Crippen LogP contribution in [-0.2, 0) is 4.74 Å². The molecule has 0 rings (SSSR count). The molecule has 0 aliphatic carbocycles. The Morgan fingerprint density at radius 3 is 1.94 bits per heavy atom. The number of rotatable bonds is 7. The van der Waals surface area contributed by atoms with Crippen molar-refractivity contribution >= 4 is 15.7 Å². The Balaban J connectivity index is 4.12. The van der Waals surface area contributed by atoms with E-state index in [1.54, 1.807) is 0 Å². The Bertz CT molecular complexity index is 232. The fourth-order valence-corrected chi connectivity index (χ4v) is 1.58. The Hall–Kier alpha value is 0.0199. The van der Waals surface area contributed by atoms with Crippen LogP contribution in [0, 0.1) is 11.3 Å². The Morgan fingerprint density at radius 1 is 1.12 bits per heavy atom. The third-order valence-electron chi connectivity index (χ3n) is 3.50. The third-order valence-corrected chi connectivity index (χ3v) is 3.50. The van der Waals surface area contributed by atoms with Crippen LogP contribution in [0.2, 0.25) is 0 Å². The third kappa shape index (κ3) is 7.86. The lowest BCUT2D eigenvalue weighted by molar-refractivity contribution is -0.0474. The van der Waals surface area contributed by atoms with Crippen LogP contribution >= 0.6 is 0 Å². The van der Waals surface area contributed by atoms with Gasteiger partial charge in [-0.1, -0.05) is 27.7 Å². The number of hydrogen-bond donors (Lipinski definition) is 0. The molecule has 17 heavy (non-hydrogen) atoms. The van der Waals surface area contributed by atoms with Gasteiger partial charge in [-0.05, 0) is 38.0 Å². The van der Waals surface area contributed by atoms with Crippen molar-refractivity contribution in [2.45, 2.75) is 65.5 Å². The van der Waals surface area contributed by atoms with Crippen LogP contribution in [0.15, 0.2) is 0 Å². The van der Waals surface area contributed by atoms with Gasteiger partial charge >= 0.3 is 0 Å². The summed E-state index contributed by atoms with van der Waals surface area (Å²) in [5.41, 5.74) is -2.59. The van der Waals surface area contributed by atoms with Gasteiger partial charge in [0.2, 0.25) is 0 Å². The molecule has 0 saturated heterocycles. The second-order valence-corrected chi connectivity index (χ2v) is 6.60. The molecule has 0 spiro atoms. The lowest BCUT2D eigenvalue weighted by Crippen LogP contribution is -2.38. The van der Waals surface area contributed by atoms with Gasteiger partial charge < -0.3 is 4.74 Å². The average molecular weight is 238 g/mol. The normalized spacial score (nSPS) is 14.4. The lowest BCUT2D eigenvalue weighted by atomic mass is 9.62. The molecule has 0 aromatic rings. The van der Waals surface area contributed by atoms with Crippen molar-refractivity contribution in [3.8, 4) is 0 Å². The van der Waals surface area contributed by atoms with Gasteiger partial charge in [-0.25, -0.2) is 0 Å². The molecule has 0 aliphatic heterocycles. The van der Waals surface area contributed by atoms with Crippen LogP contribution in [0.3, 0.4) is 0 Å². The molecule has 4 heteroatoms. The van der Waals surface area contributed by atoms with E-state index < -0.39 is 11.1 Å². The van der Waals surface area contributed by atoms with Crippen molar-refractivity contribution in [1.82, 2.24) is 0 Å². The van der Waals surface area contributed by atoms with Crippen molar-refractivity contribution in [3.63, 3.8) is 0 Å². The first kappa shape index (κ1) is 17.0. The molecule has 0 amide bonds. The van der Waals surface area contributed by atoms with Crippen molar-refractivity contribution < 1.29 is 9.13 Å². The molecule has 0 atom stereocenters. The Kier molecular flexibility index (Phi) is 5.78. The van der Waals surface area contributed by atoms with Gasteiger partial charge in [0.25, 0.3) is 0 Å². The van der Waals surface area contributed by atoms with Gasteiger partial charge in [0.15, 0.2) is 0 Å². The van der Waals surface area contributed by atoms with Crippen LogP contribution in [0.1, 0.15) is 54.4 Å². The fraction of sp³-hybridized carbons (Fsp3) is 1.00. The molecule has 0 bridgehead atoms. The smallest absolute Gasteiger partial charge is 0.107 e. The highest BCUT2D eigenvalue weighted by atomic mass is 19.1. The summed E-state index contributed by atoms with van der Waals surface area (Å²) in [4.78, 5) is 0. The maximum atomic E-state index is 13.1. The van der Waals surface area contributed by atoms with Gasteiger partial charge in [-0.15, -0.1) is 0 Å². The maximum Gasteiger partial charge on any atom is 0.107 e. The molecule has 4 radical (unpaired) electrons. The van der Waals surface area contributed by atoms with Gasteiger partial charge in [0.1, 0.15) is 15.7 Å². The van der Waals surface area contributed by atoms with E-state index in [9.17, 15) is 4.39 Å². The van der Waals surface area contributed by atoms with Gasteiger partial charge in [0, 0.05) is 12.1 Å². The maximum absolute atomic E-state index is 13.1. The molecule has 0 saturated carbocycles. The highest BCUT2D eigenvalue weighted by Crippen LogP contribution is 2.31. The molecule has 0 aromatic carbocycles. The number of ether oxygens (including phenoxy) is 1. The van der Waals surface area contributed by atoms with E-state index in [2.05, 4.69) is 27.7 Å². The van der Waals surface area contributed by atoms with Crippen LogP contribution in [0.25, 0.3) is 0 Å². The number of halogens is 1. The zero-order chi connectivity index (χ0) is 13.9. The SMILES string of the molecule is [B]C([B])(F)CC(C)(C)OCCC(C)(C)C(C)C. The van der Waals surface area contributed by atoms with Crippen molar-refractivity contribution in [1.29, 1.82) is 0 Å². The van der Waals surface area contributed by atoms with Crippen LogP contribution in [-0.4, -0.2) is 33.4 Å². The summed E-state index contributed by atoms with van der Waals surface area (Å²) in [5, 5.41) is 0. The van der Waals surface area contributed by atoms with E-state index >= 15 is 0 Å². The molecule has 0 aliphatic rings. The van der Waals surface area contributed by atoms with E-state index in [1.807, 2.05) is 13.8 Å². The Morgan fingerprint density at radius 2 is 1.59 bits per heavy atom. The van der Waals surface area contributed by atoms with E-state index in [1.165, 1.54) is 0 Å². The first-order valence-corrected chi connectivity index (χ1v) is 6.26. The van der Waals surface area contributed by atoms with Crippen LogP contribution in [0.4, 0.5) is 4.39 Å².